The van der Waals surface area contributed by atoms with Crippen molar-refractivity contribution in [1.82, 2.24) is 4.90 Å². The Hall–Kier alpha value is -0.750. The summed E-state index contributed by atoms with van der Waals surface area (Å²) >= 11 is 8.70. The molecule has 1 amide bonds. The summed E-state index contributed by atoms with van der Waals surface area (Å²) in [7, 11) is 0. The van der Waals surface area contributed by atoms with Crippen LogP contribution in [0.5, 0.6) is 0 Å². The standard InChI is InChI=1S/C14H14BrClF3NO/c15-9-4-5-11(12(8-9)14(17,18)19)13(21)20(7-6-16)10-2-1-3-10/h4-5,8,10H,1-3,6-7H2. The lowest BCUT2D eigenvalue weighted by molar-refractivity contribution is -0.138. The van der Waals surface area contributed by atoms with Crippen molar-refractivity contribution in [2.45, 2.75) is 31.5 Å². The second kappa shape index (κ2) is 6.57. The fourth-order valence-electron chi connectivity index (χ4n) is 2.33. The summed E-state index contributed by atoms with van der Waals surface area (Å²) in [6.07, 6.45) is -1.94. The zero-order valence-electron chi connectivity index (χ0n) is 11.1. The van der Waals surface area contributed by atoms with Crippen LogP contribution in [0.15, 0.2) is 22.7 Å². The molecule has 1 fully saturated rings. The molecule has 0 unspecified atom stereocenters. The van der Waals surface area contributed by atoms with E-state index >= 15 is 0 Å². The van der Waals surface area contributed by atoms with E-state index < -0.39 is 17.6 Å². The van der Waals surface area contributed by atoms with Gasteiger partial charge in [-0.2, -0.15) is 13.2 Å². The van der Waals surface area contributed by atoms with Gasteiger partial charge in [-0.15, -0.1) is 11.6 Å². The molecule has 0 bridgehead atoms. The summed E-state index contributed by atoms with van der Waals surface area (Å²) in [5.74, 6) is -0.389. The summed E-state index contributed by atoms with van der Waals surface area (Å²) in [6.45, 7) is 0.262. The maximum absolute atomic E-state index is 13.1. The fourth-order valence-corrected chi connectivity index (χ4v) is 2.87. The average Bonchev–Trinajstić information content (AvgIpc) is 2.34. The molecule has 1 aliphatic carbocycles. The second-order valence-electron chi connectivity index (χ2n) is 4.96. The summed E-state index contributed by atoms with van der Waals surface area (Å²) in [6, 6.07) is 3.60. The van der Waals surface area contributed by atoms with Crippen molar-refractivity contribution in [3.05, 3.63) is 33.8 Å². The van der Waals surface area contributed by atoms with Crippen LogP contribution in [0.2, 0.25) is 0 Å². The topological polar surface area (TPSA) is 20.3 Å². The number of rotatable bonds is 4. The Labute approximate surface area is 134 Å². The van der Waals surface area contributed by atoms with Gasteiger partial charge in [0, 0.05) is 22.9 Å². The van der Waals surface area contributed by atoms with Crippen LogP contribution in [0.4, 0.5) is 13.2 Å². The Morgan fingerprint density at radius 3 is 2.52 bits per heavy atom. The van der Waals surface area contributed by atoms with Crippen molar-refractivity contribution in [2.75, 3.05) is 12.4 Å². The molecular formula is C14H14BrClF3NO. The van der Waals surface area contributed by atoms with Gasteiger partial charge in [-0.05, 0) is 37.5 Å². The molecule has 1 aromatic carbocycles. The zero-order valence-corrected chi connectivity index (χ0v) is 13.4. The monoisotopic (exact) mass is 383 g/mol. The highest BCUT2D eigenvalue weighted by atomic mass is 79.9. The van der Waals surface area contributed by atoms with Gasteiger partial charge in [0.1, 0.15) is 0 Å². The number of carbonyl (C=O) groups is 1. The molecule has 0 heterocycles. The van der Waals surface area contributed by atoms with Gasteiger partial charge in [0.2, 0.25) is 0 Å². The van der Waals surface area contributed by atoms with Crippen LogP contribution >= 0.6 is 27.5 Å². The number of alkyl halides is 4. The van der Waals surface area contributed by atoms with Crippen molar-refractivity contribution in [3.63, 3.8) is 0 Å². The van der Waals surface area contributed by atoms with Crippen molar-refractivity contribution >= 4 is 33.4 Å². The van der Waals surface area contributed by atoms with Crippen LogP contribution in [0.25, 0.3) is 0 Å². The average molecular weight is 385 g/mol. The smallest absolute Gasteiger partial charge is 0.334 e. The quantitative estimate of drug-likeness (QED) is 0.689. The number of hydrogen-bond acceptors (Lipinski definition) is 1. The number of carbonyl (C=O) groups excluding carboxylic acids is 1. The Bertz CT molecular complexity index is 531. The van der Waals surface area contributed by atoms with E-state index in [2.05, 4.69) is 15.9 Å². The molecule has 0 aromatic heterocycles. The predicted octanol–water partition coefficient (Wildman–Crippen LogP) is 4.70. The molecule has 116 valence electrons. The van der Waals surface area contributed by atoms with Gasteiger partial charge in [-0.25, -0.2) is 0 Å². The van der Waals surface area contributed by atoms with Crippen molar-refractivity contribution in [3.8, 4) is 0 Å². The molecule has 2 nitrogen and oxygen atoms in total. The molecule has 0 spiro atoms. The first-order valence-electron chi connectivity index (χ1n) is 6.58. The molecule has 0 aliphatic heterocycles. The van der Waals surface area contributed by atoms with E-state index in [0.717, 1.165) is 25.3 Å². The molecule has 0 radical (unpaired) electrons. The van der Waals surface area contributed by atoms with Gasteiger partial charge >= 0.3 is 6.18 Å². The first kappa shape index (κ1) is 16.6. The number of amides is 1. The normalized spacial score (nSPS) is 15.7. The summed E-state index contributed by atoms with van der Waals surface area (Å²) in [5, 5.41) is 0. The van der Waals surface area contributed by atoms with Gasteiger partial charge in [-0.3, -0.25) is 4.79 Å². The molecule has 1 saturated carbocycles. The summed E-state index contributed by atoms with van der Waals surface area (Å²) in [5.41, 5.74) is -1.23. The Morgan fingerprint density at radius 1 is 1.38 bits per heavy atom. The lowest BCUT2D eigenvalue weighted by atomic mass is 9.90. The fraction of sp³-hybridized carbons (Fsp3) is 0.500. The van der Waals surface area contributed by atoms with Gasteiger partial charge in [0.15, 0.2) is 0 Å². The number of benzene rings is 1. The third-order valence-corrected chi connectivity index (χ3v) is 4.28. The SMILES string of the molecule is O=C(c1ccc(Br)cc1C(F)(F)F)N(CCCl)C1CCC1. The van der Waals surface area contributed by atoms with Gasteiger partial charge in [0.25, 0.3) is 5.91 Å². The molecule has 0 N–H and O–H groups in total. The van der Waals surface area contributed by atoms with E-state index in [1.54, 1.807) is 0 Å². The van der Waals surface area contributed by atoms with E-state index in [0.29, 0.717) is 4.47 Å². The number of halogens is 5. The van der Waals surface area contributed by atoms with E-state index in [-0.39, 0.29) is 24.0 Å². The molecule has 7 heteroatoms. The molecule has 2 rings (SSSR count). The minimum Gasteiger partial charge on any atom is -0.334 e. The van der Waals surface area contributed by atoms with Crippen LogP contribution in [0.1, 0.15) is 35.2 Å². The maximum Gasteiger partial charge on any atom is 0.417 e. The minimum atomic E-state index is -4.57. The molecule has 0 saturated heterocycles. The van der Waals surface area contributed by atoms with Gasteiger partial charge in [0.05, 0.1) is 11.1 Å². The third-order valence-electron chi connectivity index (χ3n) is 3.62. The Morgan fingerprint density at radius 2 is 2.05 bits per heavy atom. The summed E-state index contributed by atoms with van der Waals surface area (Å²) < 4.78 is 39.6. The zero-order chi connectivity index (χ0) is 15.6. The molecule has 1 aromatic rings. The van der Waals surface area contributed by atoms with Crippen LogP contribution in [0, 0.1) is 0 Å². The number of hydrogen-bond donors (Lipinski definition) is 0. The van der Waals surface area contributed by atoms with Crippen LogP contribution in [0.3, 0.4) is 0 Å². The van der Waals surface area contributed by atoms with Crippen LogP contribution in [-0.4, -0.2) is 29.3 Å². The predicted molar refractivity (Wildman–Crippen MR) is 78.5 cm³/mol. The minimum absolute atomic E-state index is 0.000908. The van der Waals surface area contributed by atoms with Crippen molar-refractivity contribution in [1.29, 1.82) is 0 Å². The largest absolute Gasteiger partial charge is 0.417 e. The maximum atomic E-state index is 13.1. The first-order valence-corrected chi connectivity index (χ1v) is 7.91. The Kier molecular flexibility index (Phi) is 5.20. The molecule has 0 atom stereocenters. The molecular weight excluding hydrogens is 371 g/mol. The lowest BCUT2D eigenvalue weighted by Crippen LogP contribution is -2.45. The highest BCUT2D eigenvalue weighted by molar-refractivity contribution is 9.10. The second-order valence-corrected chi connectivity index (χ2v) is 6.25. The Balaban J connectivity index is 2.37. The van der Waals surface area contributed by atoms with E-state index in [4.69, 9.17) is 11.6 Å². The van der Waals surface area contributed by atoms with Gasteiger partial charge in [-0.1, -0.05) is 15.9 Å². The molecule has 1 aliphatic rings. The van der Waals surface area contributed by atoms with Crippen molar-refractivity contribution < 1.29 is 18.0 Å². The lowest BCUT2D eigenvalue weighted by Gasteiger charge is -2.37. The molecule has 21 heavy (non-hydrogen) atoms. The number of nitrogens with zero attached hydrogens (tertiary/aromatic N) is 1. The van der Waals surface area contributed by atoms with Crippen LogP contribution < -0.4 is 0 Å². The highest BCUT2D eigenvalue weighted by Crippen LogP contribution is 2.35. The third kappa shape index (κ3) is 3.72. The highest BCUT2D eigenvalue weighted by Gasteiger charge is 2.38. The van der Waals surface area contributed by atoms with E-state index in [9.17, 15) is 18.0 Å². The first-order chi connectivity index (χ1) is 9.84. The summed E-state index contributed by atoms with van der Waals surface area (Å²) in [4.78, 5) is 14.0. The van der Waals surface area contributed by atoms with E-state index in [1.807, 2.05) is 0 Å². The van der Waals surface area contributed by atoms with Crippen LogP contribution in [-0.2, 0) is 6.18 Å². The van der Waals surface area contributed by atoms with E-state index in [1.165, 1.54) is 17.0 Å². The van der Waals surface area contributed by atoms with Crippen molar-refractivity contribution in [2.24, 2.45) is 0 Å². The van der Waals surface area contributed by atoms with Gasteiger partial charge < -0.3 is 4.90 Å².